The van der Waals surface area contributed by atoms with Crippen molar-refractivity contribution in [1.82, 2.24) is 9.80 Å². The van der Waals surface area contributed by atoms with Gasteiger partial charge in [-0.05, 0) is 44.5 Å². The fourth-order valence-electron chi connectivity index (χ4n) is 2.39. The number of carbonyl (C=O) groups is 1. The van der Waals surface area contributed by atoms with Crippen molar-refractivity contribution in [3.8, 4) is 5.75 Å². The maximum atomic E-state index is 12.0. The Labute approximate surface area is 121 Å². The first-order valence-electron chi connectivity index (χ1n) is 7.40. The number of likely N-dealkylation sites (tertiary alicyclic amines) is 1. The average molecular weight is 276 g/mol. The molecule has 0 spiro atoms. The molecule has 0 radical (unpaired) electrons. The van der Waals surface area contributed by atoms with Crippen molar-refractivity contribution >= 4 is 5.91 Å². The molecule has 0 saturated carbocycles. The van der Waals surface area contributed by atoms with Crippen LogP contribution in [0.1, 0.15) is 19.3 Å². The first-order chi connectivity index (χ1) is 9.75. The van der Waals surface area contributed by atoms with Gasteiger partial charge in [-0.25, -0.2) is 0 Å². The summed E-state index contributed by atoms with van der Waals surface area (Å²) in [7, 11) is 1.88. The van der Waals surface area contributed by atoms with E-state index in [2.05, 4.69) is 4.90 Å². The summed E-state index contributed by atoms with van der Waals surface area (Å²) in [6, 6.07) is 9.78. The van der Waals surface area contributed by atoms with Crippen molar-refractivity contribution in [3.63, 3.8) is 0 Å². The van der Waals surface area contributed by atoms with Crippen molar-refractivity contribution in [2.24, 2.45) is 0 Å². The van der Waals surface area contributed by atoms with Gasteiger partial charge in [0.1, 0.15) is 5.75 Å². The summed E-state index contributed by atoms with van der Waals surface area (Å²) in [5.74, 6) is 1.10. The lowest BCUT2D eigenvalue weighted by molar-refractivity contribution is -0.131. The molecule has 1 aromatic rings. The molecule has 0 bridgehead atoms. The number of ether oxygens (including phenoxy) is 1. The van der Waals surface area contributed by atoms with E-state index >= 15 is 0 Å². The third-order valence-electron chi connectivity index (χ3n) is 3.63. The van der Waals surface area contributed by atoms with Crippen molar-refractivity contribution in [2.75, 3.05) is 39.8 Å². The maximum Gasteiger partial charge on any atom is 0.236 e. The smallest absolute Gasteiger partial charge is 0.236 e. The molecule has 1 aliphatic heterocycles. The summed E-state index contributed by atoms with van der Waals surface area (Å²) < 4.78 is 5.62. The molecule has 4 nitrogen and oxygen atoms in total. The van der Waals surface area contributed by atoms with Gasteiger partial charge >= 0.3 is 0 Å². The van der Waals surface area contributed by atoms with Crippen molar-refractivity contribution in [2.45, 2.75) is 19.3 Å². The number of amides is 1. The Bertz CT molecular complexity index is 402. The summed E-state index contributed by atoms with van der Waals surface area (Å²) in [5, 5.41) is 0. The van der Waals surface area contributed by atoms with E-state index < -0.39 is 0 Å². The summed E-state index contributed by atoms with van der Waals surface area (Å²) in [6.07, 6.45) is 3.31. The number of rotatable bonds is 7. The fourth-order valence-corrected chi connectivity index (χ4v) is 2.39. The molecule has 0 N–H and O–H groups in total. The predicted octanol–water partition coefficient (Wildman–Crippen LogP) is 2.01. The highest BCUT2D eigenvalue weighted by atomic mass is 16.5. The molecular weight excluding hydrogens is 252 g/mol. The van der Waals surface area contributed by atoms with Crippen LogP contribution in [-0.4, -0.2) is 55.5 Å². The van der Waals surface area contributed by atoms with Gasteiger partial charge in [-0.3, -0.25) is 9.69 Å². The van der Waals surface area contributed by atoms with Gasteiger partial charge in [-0.1, -0.05) is 18.2 Å². The van der Waals surface area contributed by atoms with Crippen LogP contribution in [0.3, 0.4) is 0 Å². The monoisotopic (exact) mass is 276 g/mol. The van der Waals surface area contributed by atoms with Gasteiger partial charge in [0.2, 0.25) is 5.91 Å². The Morgan fingerprint density at radius 1 is 1.25 bits per heavy atom. The van der Waals surface area contributed by atoms with Gasteiger partial charge in [0.05, 0.1) is 13.2 Å². The van der Waals surface area contributed by atoms with E-state index in [1.165, 1.54) is 12.8 Å². The number of hydrogen-bond acceptors (Lipinski definition) is 3. The zero-order valence-electron chi connectivity index (χ0n) is 12.3. The topological polar surface area (TPSA) is 32.8 Å². The molecule has 0 aromatic heterocycles. The van der Waals surface area contributed by atoms with Gasteiger partial charge in [0, 0.05) is 13.6 Å². The fraction of sp³-hybridized carbons (Fsp3) is 0.562. The van der Waals surface area contributed by atoms with Gasteiger partial charge in [-0.2, -0.15) is 0 Å². The minimum absolute atomic E-state index is 0.214. The minimum Gasteiger partial charge on any atom is -0.494 e. The highest BCUT2D eigenvalue weighted by molar-refractivity contribution is 5.77. The standard InChI is InChI=1S/C16H24N2O2/c1-17(16(19)14-18-11-5-6-12-18)10-7-13-20-15-8-3-2-4-9-15/h2-4,8-9H,5-7,10-14H2,1H3. The van der Waals surface area contributed by atoms with E-state index in [0.29, 0.717) is 13.2 Å². The van der Waals surface area contributed by atoms with Crippen LogP contribution in [0.15, 0.2) is 30.3 Å². The number of benzene rings is 1. The summed E-state index contributed by atoms with van der Waals surface area (Å²) in [6.45, 7) is 4.09. The lowest BCUT2D eigenvalue weighted by Gasteiger charge is -2.21. The Balaban J connectivity index is 1.59. The molecule has 110 valence electrons. The average Bonchev–Trinajstić information content (AvgIpc) is 2.97. The number of likely N-dealkylation sites (N-methyl/N-ethyl adjacent to an activating group) is 1. The van der Waals surface area contributed by atoms with Crippen LogP contribution in [0.25, 0.3) is 0 Å². The van der Waals surface area contributed by atoms with Crippen molar-refractivity contribution in [1.29, 1.82) is 0 Å². The van der Waals surface area contributed by atoms with Crippen molar-refractivity contribution in [3.05, 3.63) is 30.3 Å². The summed E-state index contributed by atoms with van der Waals surface area (Å²) in [5.41, 5.74) is 0. The Morgan fingerprint density at radius 2 is 1.95 bits per heavy atom. The first kappa shape index (κ1) is 14.9. The lowest BCUT2D eigenvalue weighted by atomic mass is 10.3. The summed E-state index contributed by atoms with van der Waals surface area (Å²) >= 11 is 0. The minimum atomic E-state index is 0.214. The number of carbonyl (C=O) groups excluding carboxylic acids is 1. The largest absolute Gasteiger partial charge is 0.494 e. The van der Waals surface area contributed by atoms with E-state index in [4.69, 9.17) is 4.74 Å². The summed E-state index contributed by atoms with van der Waals surface area (Å²) in [4.78, 5) is 16.1. The van der Waals surface area contributed by atoms with E-state index in [1.807, 2.05) is 42.3 Å². The second-order valence-corrected chi connectivity index (χ2v) is 5.31. The Hall–Kier alpha value is -1.55. The lowest BCUT2D eigenvalue weighted by Crippen LogP contribution is -2.37. The second-order valence-electron chi connectivity index (χ2n) is 5.31. The predicted molar refractivity (Wildman–Crippen MR) is 79.9 cm³/mol. The quantitative estimate of drug-likeness (QED) is 0.714. The van der Waals surface area contributed by atoms with Crippen molar-refractivity contribution < 1.29 is 9.53 Å². The van der Waals surface area contributed by atoms with Crippen LogP contribution in [0.4, 0.5) is 0 Å². The van der Waals surface area contributed by atoms with E-state index in [-0.39, 0.29) is 5.91 Å². The molecule has 1 heterocycles. The number of nitrogens with zero attached hydrogens (tertiary/aromatic N) is 2. The van der Waals surface area contributed by atoms with Crippen LogP contribution >= 0.6 is 0 Å². The highest BCUT2D eigenvalue weighted by Crippen LogP contribution is 2.09. The maximum absolute atomic E-state index is 12.0. The molecule has 1 amide bonds. The first-order valence-corrected chi connectivity index (χ1v) is 7.40. The molecule has 4 heteroatoms. The van der Waals surface area contributed by atoms with Crippen LogP contribution in [0.5, 0.6) is 5.75 Å². The van der Waals surface area contributed by atoms with Gasteiger partial charge < -0.3 is 9.64 Å². The van der Waals surface area contributed by atoms with E-state index in [1.54, 1.807) is 0 Å². The molecule has 0 aliphatic carbocycles. The van der Waals surface area contributed by atoms with Gasteiger partial charge in [0.15, 0.2) is 0 Å². The molecule has 2 rings (SSSR count). The van der Waals surface area contributed by atoms with E-state index in [9.17, 15) is 4.79 Å². The number of hydrogen-bond donors (Lipinski definition) is 0. The van der Waals surface area contributed by atoms with Crippen LogP contribution in [-0.2, 0) is 4.79 Å². The van der Waals surface area contributed by atoms with Gasteiger partial charge in [0.25, 0.3) is 0 Å². The normalized spacial score (nSPS) is 15.2. The van der Waals surface area contributed by atoms with E-state index in [0.717, 1.165) is 31.8 Å². The van der Waals surface area contributed by atoms with Crippen LogP contribution in [0, 0.1) is 0 Å². The zero-order valence-corrected chi connectivity index (χ0v) is 12.3. The van der Waals surface area contributed by atoms with Gasteiger partial charge in [-0.15, -0.1) is 0 Å². The molecule has 0 atom stereocenters. The van der Waals surface area contributed by atoms with Crippen LogP contribution < -0.4 is 4.74 Å². The highest BCUT2D eigenvalue weighted by Gasteiger charge is 2.17. The Morgan fingerprint density at radius 3 is 2.65 bits per heavy atom. The molecule has 0 unspecified atom stereocenters. The third-order valence-corrected chi connectivity index (χ3v) is 3.63. The van der Waals surface area contributed by atoms with Crippen LogP contribution in [0.2, 0.25) is 0 Å². The molecule has 1 aliphatic rings. The molecular formula is C16H24N2O2. The molecule has 1 saturated heterocycles. The molecule has 1 aromatic carbocycles. The third kappa shape index (κ3) is 4.85. The SMILES string of the molecule is CN(CCCOc1ccccc1)C(=O)CN1CCCC1. The molecule has 20 heavy (non-hydrogen) atoms. The Kier molecular flexibility index (Phi) is 5.87. The zero-order chi connectivity index (χ0) is 14.2. The second kappa shape index (κ2) is 7.90. The number of para-hydroxylation sites is 1. The molecule has 1 fully saturated rings.